The van der Waals surface area contributed by atoms with Gasteiger partial charge < -0.3 is 15.1 Å². The number of benzene rings is 2. The molecule has 1 N–H and O–H groups in total. The predicted molar refractivity (Wildman–Crippen MR) is 118 cm³/mol. The average molecular weight is 439 g/mol. The number of aromatic nitrogens is 1. The van der Waals surface area contributed by atoms with Crippen LogP contribution in [0.15, 0.2) is 66.9 Å². The average Bonchev–Trinajstić information content (AvgIpc) is 2.80. The minimum absolute atomic E-state index is 0.0925. The monoisotopic (exact) mass is 438 g/mol. The third-order valence-corrected chi connectivity index (χ3v) is 5.36. The number of hydrogen-bond acceptors (Lipinski definition) is 4. The lowest BCUT2D eigenvalue weighted by Crippen LogP contribution is -2.49. The number of nitrogens with zero attached hydrogens (tertiary/aromatic N) is 3. The molecule has 8 heteroatoms. The molecule has 1 aliphatic rings. The van der Waals surface area contributed by atoms with Gasteiger partial charge in [-0.05, 0) is 48.5 Å². The first-order valence-corrected chi connectivity index (χ1v) is 10.2. The maximum Gasteiger partial charge on any atom is 0.256 e. The molecule has 0 radical (unpaired) electrons. The van der Waals surface area contributed by atoms with Crippen LogP contribution in [0, 0.1) is 5.82 Å². The Kier molecular flexibility index (Phi) is 6.13. The van der Waals surface area contributed by atoms with Crippen molar-refractivity contribution in [1.82, 2.24) is 9.88 Å². The van der Waals surface area contributed by atoms with Crippen molar-refractivity contribution in [3.8, 4) is 0 Å². The van der Waals surface area contributed by atoms with Crippen molar-refractivity contribution in [2.45, 2.75) is 0 Å². The lowest BCUT2D eigenvalue weighted by Gasteiger charge is -2.35. The summed E-state index contributed by atoms with van der Waals surface area (Å²) in [5.74, 6) is -0.298. The van der Waals surface area contributed by atoms with Crippen LogP contribution in [0.5, 0.6) is 0 Å². The van der Waals surface area contributed by atoms with E-state index in [4.69, 9.17) is 11.6 Å². The summed E-state index contributed by atoms with van der Waals surface area (Å²) in [7, 11) is 0. The molecule has 6 nitrogen and oxygen atoms in total. The molecule has 1 aliphatic heterocycles. The summed E-state index contributed by atoms with van der Waals surface area (Å²) in [6, 6.07) is 16.3. The minimum atomic E-state index is -0.507. The Bertz CT molecular complexity index is 1080. The van der Waals surface area contributed by atoms with Gasteiger partial charge in [-0.2, -0.15) is 0 Å². The Balaban J connectivity index is 1.34. The molecule has 4 rings (SSSR count). The van der Waals surface area contributed by atoms with Crippen LogP contribution in [0.25, 0.3) is 0 Å². The van der Waals surface area contributed by atoms with Gasteiger partial charge >= 0.3 is 0 Å². The number of nitrogens with one attached hydrogen (secondary N) is 1. The molecule has 158 valence electrons. The summed E-state index contributed by atoms with van der Waals surface area (Å²) in [5.41, 5.74) is 1.18. The number of hydrogen-bond donors (Lipinski definition) is 1. The van der Waals surface area contributed by atoms with Crippen molar-refractivity contribution < 1.29 is 14.0 Å². The topological polar surface area (TPSA) is 65.5 Å². The fourth-order valence-electron chi connectivity index (χ4n) is 3.40. The van der Waals surface area contributed by atoms with E-state index in [-0.39, 0.29) is 17.4 Å². The van der Waals surface area contributed by atoms with Gasteiger partial charge in [0, 0.05) is 36.8 Å². The van der Waals surface area contributed by atoms with Crippen LogP contribution >= 0.6 is 11.6 Å². The Labute approximate surface area is 184 Å². The Hall–Kier alpha value is -3.45. The van der Waals surface area contributed by atoms with Crippen molar-refractivity contribution in [3.05, 3.63) is 88.8 Å². The second-order valence-electron chi connectivity index (χ2n) is 7.13. The molecule has 2 amide bonds. The zero-order chi connectivity index (χ0) is 21.8. The molecular weight excluding hydrogens is 419 g/mol. The summed E-state index contributed by atoms with van der Waals surface area (Å²) in [6.45, 7) is 2.13. The molecule has 1 saturated heterocycles. The highest BCUT2D eigenvalue weighted by Crippen LogP contribution is 2.19. The van der Waals surface area contributed by atoms with Crippen molar-refractivity contribution in [2.75, 3.05) is 36.4 Å². The molecule has 2 aromatic carbocycles. The fraction of sp³-hybridized carbons (Fsp3) is 0.174. The quantitative estimate of drug-likeness (QED) is 0.666. The highest BCUT2D eigenvalue weighted by molar-refractivity contribution is 6.30. The summed E-state index contributed by atoms with van der Waals surface area (Å²) in [6.07, 6.45) is 1.60. The lowest BCUT2D eigenvalue weighted by molar-refractivity contribution is 0.0741. The Morgan fingerprint density at radius 2 is 1.65 bits per heavy atom. The normalized spacial score (nSPS) is 13.7. The van der Waals surface area contributed by atoms with Gasteiger partial charge in [0.25, 0.3) is 11.8 Å². The van der Waals surface area contributed by atoms with Crippen molar-refractivity contribution >= 4 is 34.9 Å². The van der Waals surface area contributed by atoms with E-state index in [1.807, 2.05) is 6.07 Å². The smallest absolute Gasteiger partial charge is 0.256 e. The minimum Gasteiger partial charge on any atom is -0.353 e. The van der Waals surface area contributed by atoms with Crippen LogP contribution in [0.3, 0.4) is 0 Å². The number of amides is 2. The molecule has 0 unspecified atom stereocenters. The van der Waals surface area contributed by atoms with E-state index in [1.54, 1.807) is 53.6 Å². The standard InChI is InChI=1S/C23H20ClFN4O2/c24-17-7-5-16(6-8-17)22(30)27-18-9-10-21(26-15-18)28-11-13-29(14-12-28)23(31)19-3-1-2-4-20(19)25/h1-10,15H,11-14H2,(H,27,30). The third-order valence-electron chi connectivity index (χ3n) is 5.11. The third kappa shape index (κ3) is 4.83. The summed E-state index contributed by atoms with van der Waals surface area (Å²) < 4.78 is 13.9. The largest absolute Gasteiger partial charge is 0.353 e. The van der Waals surface area contributed by atoms with Gasteiger partial charge in [0.15, 0.2) is 0 Å². The molecule has 3 aromatic rings. The van der Waals surface area contributed by atoms with Crippen LogP contribution in [-0.2, 0) is 0 Å². The lowest BCUT2D eigenvalue weighted by atomic mass is 10.1. The number of halogens is 2. The van der Waals surface area contributed by atoms with Gasteiger partial charge in [-0.25, -0.2) is 9.37 Å². The first-order chi connectivity index (χ1) is 15.0. The van der Waals surface area contributed by atoms with Gasteiger partial charge in [-0.3, -0.25) is 9.59 Å². The van der Waals surface area contributed by atoms with E-state index in [0.717, 1.165) is 5.82 Å². The van der Waals surface area contributed by atoms with E-state index >= 15 is 0 Å². The number of pyridine rings is 1. The number of carbonyl (C=O) groups is 2. The van der Waals surface area contributed by atoms with Crippen LogP contribution in [0.4, 0.5) is 15.9 Å². The van der Waals surface area contributed by atoms with E-state index in [2.05, 4.69) is 15.2 Å². The number of anilines is 2. The van der Waals surface area contributed by atoms with Gasteiger partial charge in [0.05, 0.1) is 17.4 Å². The molecule has 0 bridgehead atoms. The van der Waals surface area contributed by atoms with Gasteiger partial charge in [-0.15, -0.1) is 0 Å². The molecule has 0 spiro atoms. The number of piperazine rings is 1. The summed E-state index contributed by atoms with van der Waals surface area (Å²) in [5, 5.41) is 3.37. The maximum absolute atomic E-state index is 13.9. The van der Waals surface area contributed by atoms with E-state index < -0.39 is 5.82 Å². The summed E-state index contributed by atoms with van der Waals surface area (Å²) in [4.78, 5) is 33.0. The zero-order valence-corrected chi connectivity index (χ0v) is 17.3. The second kappa shape index (κ2) is 9.14. The number of carbonyl (C=O) groups excluding carboxylic acids is 2. The number of rotatable bonds is 4. The first kappa shape index (κ1) is 20.8. The van der Waals surface area contributed by atoms with Crippen molar-refractivity contribution in [2.24, 2.45) is 0 Å². The Morgan fingerprint density at radius 3 is 2.29 bits per heavy atom. The van der Waals surface area contributed by atoms with E-state index in [9.17, 15) is 14.0 Å². The van der Waals surface area contributed by atoms with Crippen molar-refractivity contribution in [1.29, 1.82) is 0 Å². The van der Waals surface area contributed by atoms with E-state index in [0.29, 0.717) is 42.5 Å². The Morgan fingerprint density at radius 1 is 0.935 bits per heavy atom. The second-order valence-corrected chi connectivity index (χ2v) is 7.56. The van der Waals surface area contributed by atoms with Crippen LogP contribution in [0.1, 0.15) is 20.7 Å². The zero-order valence-electron chi connectivity index (χ0n) is 16.6. The van der Waals surface area contributed by atoms with Crippen molar-refractivity contribution in [3.63, 3.8) is 0 Å². The highest BCUT2D eigenvalue weighted by atomic mass is 35.5. The van der Waals surface area contributed by atoms with E-state index in [1.165, 1.54) is 12.1 Å². The van der Waals surface area contributed by atoms with Gasteiger partial charge in [-0.1, -0.05) is 23.7 Å². The molecule has 1 fully saturated rings. The molecule has 0 aliphatic carbocycles. The molecule has 31 heavy (non-hydrogen) atoms. The highest BCUT2D eigenvalue weighted by Gasteiger charge is 2.24. The first-order valence-electron chi connectivity index (χ1n) is 9.83. The van der Waals surface area contributed by atoms with Crippen LogP contribution in [0.2, 0.25) is 5.02 Å². The van der Waals surface area contributed by atoms with Crippen LogP contribution in [-0.4, -0.2) is 47.9 Å². The molecule has 0 atom stereocenters. The molecular formula is C23H20ClFN4O2. The summed E-state index contributed by atoms with van der Waals surface area (Å²) >= 11 is 5.85. The van der Waals surface area contributed by atoms with Gasteiger partial charge in [0.2, 0.25) is 0 Å². The SMILES string of the molecule is O=C(Nc1ccc(N2CCN(C(=O)c3ccccc3F)CC2)nc1)c1ccc(Cl)cc1. The van der Waals surface area contributed by atoms with Crippen LogP contribution < -0.4 is 10.2 Å². The molecule has 1 aromatic heterocycles. The maximum atomic E-state index is 13.9. The van der Waals surface area contributed by atoms with Gasteiger partial charge in [0.1, 0.15) is 11.6 Å². The molecule has 0 saturated carbocycles. The molecule has 2 heterocycles. The predicted octanol–water partition coefficient (Wildman–Crippen LogP) is 4.09. The fourth-order valence-corrected chi connectivity index (χ4v) is 3.52.